The van der Waals surface area contributed by atoms with E-state index in [4.69, 9.17) is 28.9 Å². The molecular formula is C42H45BrN6O4. The van der Waals surface area contributed by atoms with Crippen molar-refractivity contribution in [2.45, 2.75) is 52.6 Å². The zero-order valence-corrected chi connectivity index (χ0v) is 33.1. The Morgan fingerprint density at radius 2 is 1.15 bits per heavy atom. The third kappa shape index (κ3) is 8.23. The molecule has 0 spiro atoms. The number of imidazole rings is 2. The van der Waals surface area contributed by atoms with E-state index in [1.54, 1.807) is 46.6 Å². The van der Waals surface area contributed by atoms with Crippen molar-refractivity contribution in [1.29, 1.82) is 10.5 Å². The second-order valence-electron chi connectivity index (χ2n) is 13.1. The lowest BCUT2D eigenvalue weighted by atomic mass is 10.0. The Morgan fingerprint density at radius 3 is 1.60 bits per heavy atom. The molecule has 4 aromatic carbocycles. The van der Waals surface area contributed by atoms with E-state index in [1.807, 2.05) is 0 Å². The van der Waals surface area contributed by atoms with Gasteiger partial charge in [0.05, 0.1) is 54.6 Å². The van der Waals surface area contributed by atoms with E-state index in [2.05, 4.69) is 113 Å². The summed E-state index contributed by atoms with van der Waals surface area (Å²) < 4.78 is 26.6. The normalized spacial score (nSPS) is 11.1. The lowest BCUT2D eigenvalue weighted by molar-refractivity contribution is 0.188. The highest BCUT2D eigenvalue weighted by Gasteiger charge is 2.22. The fraction of sp³-hybridized carbons (Fsp3) is 0.333. The molecule has 53 heavy (non-hydrogen) atoms. The maximum Gasteiger partial charge on any atom is 0.146 e. The molecule has 0 atom stereocenters. The smallest absolute Gasteiger partial charge is 0.146 e. The summed E-state index contributed by atoms with van der Waals surface area (Å²) >= 11 is 3.54. The van der Waals surface area contributed by atoms with Crippen molar-refractivity contribution in [1.82, 2.24) is 19.1 Å². The Bertz CT molecular complexity index is 2280. The van der Waals surface area contributed by atoms with Crippen LogP contribution in [0.5, 0.6) is 11.5 Å². The highest BCUT2D eigenvalue weighted by Crippen LogP contribution is 2.38. The Labute approximate surface area is 319 Å². The van der Waals surface area contributed by atoms with Crippen LogP contribution >= 0.6 is 15.9 Å². The number of methoxy groups -OCH3 is 4. The molecule has 11 heteroatoms. The van der Waals surface area contributed by atoms with Crippen LogP contribution in [0.15, 0.2) is 71.2 Å². The van der Waals surface area contributed by atoms with Crippen molar-refractivity contribution >= 4 is 38.0 Å². The number of fused-ring (bicyclic) bond motifs is 2. The SMILES string of the molecule is COCCn1c(-c2ccc(C(C)C)cc2)nc2c(Br)c(C#N)cc(OC)c21.COCCn1c(-c2ccc(C(C)C)cc2)nc2cc(C#N)cc(OC)c21. The largest absolute Gasteiger partial charge is 0.494 e. The van der Waals surface area contributed by atoms with Gasteiger partial charge in [0.1, 0.15) is 45.8 Å². The molecule has 274 valence electrons. The third-order valence-electron chi connectivity index (χ3n) is 9.13. The van der Waals surface area contributed by atoms with Gasteiger partial charge in [-0.25, -0.2) is 9.97 Å². The number of benzene rings is 4. The number of aromatic nitrogens is 4. The van der Waals surface area contributed by atoms with Crippen molar-refractivity contribution in [2.24, 2.45) is 0 Å². The summed E-state index contributed by atoms with van der Waals surface area (Å²) in [4.78, 5) is 9.66. The van der Waals surface area contributed by atoms with Crippen LogP contribution in [0, 0.1) is 22.7 Å². The molecule has 0 radical (unpaired) electrons. The van der Waals surface area contributed by atoms with Crippen LogP contribution < -0.4 is 9.47 Å². The molecule has 6 aromatic rings. The van der Waals surface area contributed by atoms with Gasteiger partial charge in [-0.05, 0) is 45.0 Å². The summed E-state index contributed by atoms with van der Waals surface area (Å²) in [7, 11) is 6.58. The van der Waals surface area contributed by atoms with Crippen LogP contribution in [0.25, 0.3) is 44.8 Å². The van der Waals surface area contributed by atoms with E-state index in [1.165, 1.54) is 11.1 Å². The van der Waals surface area contributed by atoms with E-state index < -0.39 is 0 Å². The molecule has 0 fully saturated rings. The number of hydrogen-bond donors (Lipinski definition) is 0. The predicted octanol–water partition coefficient (Wildman–Crippen LogP) is 9.47. The summed E-state index contributed by atoms with van der Waals surface area (Å²) in [6.45, 7) is 11.1. The predicted molar refractivity (Wildman–Crippen MR) is 213 cm³/mol. The van der Waals surface area contributed by atoms with Crippen molar-refractivity contribution in [3.63, 3.8) is 0 Å². The van der Waals surface area contributed by atoms with Gasteiger partial charge in [-0.1, -0.05) is 76.2 Å². The van der Waals surface area contributed by atoms with Gasteiger partial charge in [0.25, 0.3) is 0 Å². The molecule has 0 saturated heterocycles. The molecule has 0 aliphatic heterocycles. The fourth-order valence-electron chi connectivity index (χ4n) is 6.21. The zero-order chi connectivity index (χ0) is 38.2. The lowest BCUT2D eigenvalue weighted by Crippen LogP contribution is -2.07. The molecule has 0 aliphatic carbocycles. The minimum atomic E-state index is 0.471. The number of halogens is 1. The van der Waals surface area contributed by atoms with Crippen molar-refractivity contribution in [3.05, 3.63) is 93.5 Å². The lowest BCUT2D eigenvalue weighted by Gasteiger charge is -2.12. The number of ether oxygens (including phenoxy) is 4. The second kappa shape index (κ2) is 17.5. The average molecular weight is 778 g/mol. The molecule has 2 aromatic heterocycles. The van der Waals surface area contributed by atoms with Crippen LogP contribution in [-0.2, 0) is 22.6 Å². The standard InChI is InChI=1S/C21H22BrN3O2.C21H23N3O2/c1-13(2)14-5-7-15(8-6-14)21-24-19-18(22)16(12-23)11-17(27-4)20(19)25(21)9-10-26-3;1-14(2)16-5-7-17(8-6-16)21-23-18-11-15(13-22)12-19(26-4)20(18)24(21)9-10-25-3/h5-8,11,13H,9-10H2,1-4H3;5-8,11-12,14H,9-10H2,1-4H3. The molecule has 0 aliphatic rings. The average Bonchev–Trinajstić information content (AvgIpc) is 3.75. The van der Waals surface area contributed by atoms with Crippen LogP contribution in [0.1, 0.15) is 61.8 Å². The quantitative estimate of drug-likeness (QED) is 0.121. The summed E-state index contributed by atoms with van der Waals surface area (Å²) in [5.41, 5.74) is 8.84. The number of nitrogens with zero attached hydrogens (tertiary/aromatic N) is 6. The molecule has 6 rings (SSSR count). The zero-order valence-electron chi connectivity index (χ0n) is 31.5. The van der Waals surface area contributed by atoms with Crippen molar-refractivity contribution < 1.29 is 18.9 Å². The first-order valence-corrected chi connectivity index (χ1v) is 18.2. The van der Waals surface area contributed by atoms with Crippen LogP contribution in [0.3, 0.4) is 0 Å². The van der Waals surface area contributed by atoms with Gasteiger partial charge in [0.15, 0.2) is 0 Å². The second-order valence-corrected chi connectivity index (χ2v) is 13.9. The van der Waals surface area contributed by atoms with Crippen LogP contribution in [0.2, 0.25) is 0 Å². The van der Waals surface area contributed by atoms with Crippen LogP contribution in [-0.4, -0.2) is 60.8 Å². The van der Waals surface area contributed by atoms with Gasteiger partial charge in [0, 0.05) is 50.6 Å². The molecular weight excluding hydrogens is 732 g/mol. The Balaban J connectivity index is 0.000000204. The number of nitriles is 2. The summed E-state index contributed by atoms with van der Waals surface area (Å²) in [5, 5.41) is 18.7. The molecule has 0 unspecified atom stereocenters. The Morgan fingerprint density at radius 1 is 0.660 bits per heavy atom. The Kier molecular flexibility index (Phi) is 12.9. The van der Waals surface area contributed by atoms with E-state index in [0.29, 0.717) is 70.8 Å². The van der Waals surface area contributed by atoms with Gasteiger partial charge in [-0.15, -0.1) is 0 Å². The van der Waals surface area contributed by atoms with Crippen LogP contribution in [0.4, 0.5) is 0 Å². The first-order valence-electron chi connectivity index (χ1n) is 17.4. The van der Waals surface area contributed by atoms with Gasteiger partial charge < -0.3 is 28.1 Å². The third-order valence-corrected chi connectivity index (χ3v) is 9.93. The number of rotatable bonds is 12. The maximum atomic E-state index is 9.42. The van der Waals surface area contributed by atoms with Gasteiger partial charge in [-0.3, -0.25) is 0 Å². The monoisotopic (exact) mass is 776 g/mol. The highest BCUT2D eigenvalue weighted by atomic mass is 79.9. The maximum absolute atomic E-state index is 9.42. The first-order chi connectivity index (χ1) is 25.6. The molecule has 0 bridgehead atoms. The summed E-state index contributed by atoms with van der Waals surface area (Å²) in [6, 6.07) is 26.6. The minimum absolute atomic E-state index is 0.471. The fourth-order valence-corrected chi connectivity index (χ4v) is 6.69. The molecule has 0 N–H and O–H groups in total. The first kappa shape index (κ1) is 39.0. The number of hydrogen-bond acceptors (Lipinski definition) is 8. The van der Waals surface area contributed by atoms with Crippen molar-refractivity contribution in [3.8, 4) is 46.4 Å². The van der Waals surface area contributed by atoms with Crippen molar-refractivity contribution in [2.75, 3.05) is 41.7 Å². The van der Waals surface area contributed by atoms with Gasteiger partial charge in [-0.2, -0.15) is 10.5 Å². The van der Waals surface area contributed by atoms with E-state index in [0.717, 1.165) is 39.3 Å². The molecule has 0 amide bonds. The molecule has 10 nitrogen and oxygen atoms in total. The summed E-state index contributed by atoms with van der Waals surface area (Å²) in [6.07, 6.45) is 0. The molecule has 2 heterocycles. The topological polar surface area (TPSA) is 120 Å². The van der Waals surface area contributed by atoms with E-state index in [-0.39, 0.29) is 0 Å². The minimum Gasteiger partial charge on any atom is -0.494 e. The highest BCUT2D eigenvalue weighted by molar-refractivity contribution is 9.10. The van der Waals surface area contributed by atoms with Gasteiger partial charge >= 0.3 is 0 Å². The molecule has 0 saturated carbocycles. The van der Waals surface area contributed by atoms with Gasteiger partial charge in [0.2, 0.25) is 0 Å². The Hall–Kier alpha value is -5.20. The van der Waals surface area contributed by atoms with E-state index in [9.17, 15) is 10.5 Å². The summed E-state index contributed by atoms with van der Waals surface area (Å²) in [5.74, 6) is 3.90. The van der Waals surface area contributed by atoms with E-state index >= 15 is 0 Å².